The summed E-state index contributed by atoms with van der Waals surface area (Å²) in [6.45, 7) is 3.54. The molecule has 32 heavy (non-hydrogen) atoms. The van der Waals surface area contributed by atoms with Crippen LogP contribution in [0.4, 0.5) is 8.78 Å². The van der Waals surface area contributed by atoms with Gasteiger partial charge in [-0.25, -0.2) is 13.8 Å². The topological polar surface area (TPSA) is 56.4 Å². The Kier molecular flexibility index (Phi) is 6.97. The zero-order valence-electron chi connectivity index (χ0n) is 17.7. The van der Waals surface area contributed by atoms with E-state index in [0.717, 1.165) is 40.7 Å². The molecule has 1 N–H and O–H groups in total. The highest BCUT2D eigenvalue weighted by atomic mass is 19.1. The molecule has 0 aliphatic carbocycles. The number of halogens is 2. The van der Waals surface area contributed by atoms with E-state index in [1.165, 1.54) is 12.1 Å². The van der Waals surface area contributed by atoms with Crippen LogP contribution >= 0.6 is 0 Å². The van der Waals surface area contributed by atoms with Crippen LogP contribution < -0.4 is 9.47 Å². The van der Waals surface area contributed by atoms with Crippen LogP contribution in [0.25, 0.3) is 11.0 Å². The number of hydrogen-bond donors (Lipinski definition) is 1. The molecular formula is C25H24F2N2O3. The van der Waals surface area contributed by atoms with Gasteiger partial charge in [0.15, 0.2) is 0 Å². The standard InChI is InChI=1S/C25H24F2N2O3/c1-2-31-21-9-10-23-24(14-21)29-25(28-23)16-30-12-11-17-3-7-20(8-4-17)32-15-18-5-6-19(26)13-22(18)27/h3-10,13-14H,2,11-12,15-16H2,1H3,(H,28,29). The molecule has 0 fully saturated rings. The van der Waals surface area contributed by atoms with Crippen LogP contribution in [0.15, 0.2) is 60.7 Å². The van der Waals surface area contributed by atoms with Crippen LogP contribution in [0.2, 0.25) is 0 Å². The number of imidazole rings is 1. The van der Waals surface area contributed by atoms with Crippen LogP contribution in [-0.2, 0) is 24.4 Å². The minimum Gasteiger partial charge on any atom is -0.494 e. The summed E-state index contributed by atoms with van der Waals surface area (Å²) in [4.78, 5) is 7.79. The second-order valence-corrected chi connectivity index (χ2v) is 7.27. The summed E-state index contributed by atoms with van der Waals surface area (Å²) in [7, 11) is 0. The average molecular weight is 438 g/mol. The highest BCUT2D eigenvalue weighted by molar-refractivity contribution is 5.76. The monoisotopic (exact) mass is 438 g/mol. The predicted octanol–water partition coefficient (Wildman–Crippen LogP) is 5.58. The van der Waals surface area contributed by atoms with Gasteiger partial charge in [0.2, 0.25) is 0 Å². The Morgan fingerprint density at radius 3 is 2.47 bits per heavy atom. The quantitative estimate of drug-likeness (QED) is 0.329. The lowest BCUT2D eigenvalue weighted by Gasteiger charge is -2.08. The third-order valence-electron chi connectivity index (χ3n) is 4.92. The van der Waals surface area contributed by atoms with Crippen molar-refractivity contribution in [2.45, 2.75) is 26.6 Å². The second kappa shape index (κ2) is 10.2. The molecule has 0 atom stereocenters. The molecule has 7 heteroatoms. The molecular weight excluding hydrogens is 414 g/mol. The zero-order valence-corrected chi connectivity index (χ0v) is 17.7. The summed E-state index contributed by atoms with van der Waals surface area (Å²) in [5, 5.41) is 0. The van der Waals surface area contributed by atoms with Crippen molar-refractivity contribution in [2.24, 2.45) is 0 Å². The van der Waals surface area contributed by atoms with Crippen molar-refractivity contribution in [1.29, 1.82) is 0 Å². The maximum Gasteiger partial charge on any atom is 0.133 e. The van der Waals surface area contributed by atoms with Crippen LogP contribution in [0, 0.1) is 11.6 Å². The van der Waals surface area contributed by atoms with Crippen LogP contribution in [0.3, 0.4) is 0 Å². The van der Waals surface area contributed by atoms with Gasteiger partial charge in [-0.2, -0.15) is 0 Å². The number of nitrogens with one attached hydrogen (secondary N) is 1. The number of hydrogen-bond acceptors (Lipinski definition) is 4. The molecule has 0 saturated carbocycles. The summed E-state index contributed by atoms with van der Waals surface area (Å²) in [6.07, 6.45) is 0.738. The van der Waals surface area contributed by atoms with Gasteiger partial charge in [0.1, 0.15) is 42.2 Å². The Balaban J connectivity index is 1.22. The number of fused-ring (bicyclic) bond motifs is 1. The van der Waals surface area contributed by atoms with Crippen molar-refractivity contribution in [3.05, 3.63) is 89.2 Å². The smallest absolute Gasteiger partial charge is 0.133 e. The highest BCUT2D eigenvalue weighted by Crippen LogP contribution is 2.20. The molecule has 3 aromatic carbocycles. The minimum atomic E-state index is -0.613. The van der Waals surface area contributed by atoms with E-state index >= 15 is 0 Å². The summed E-state index contributed by atoms with van der Waals surface area (Å²) in [5.41, 5.74) is 3.20. The lowest BCUT2D eigenvalue weighted by atomic mass is 10.1. The fourth-order valence-electron chi connectivity index (χ4n) is 3.27. The van der Waals surface area contributed by atoms with E-state index in [1.54, 1.807) is 0 Å². The van der Waals surface area contributed by atoms with Crippen LogP contribution in [-0.4, -0.2) is 23.2 Å². The number of aromatic amines is 1. The summed E-state index contributed by atoms with van der Waals surface area (Å²) in [6, 6.07) is 16.8. The fourth-order valence-corrected chi connectivity index (χ4v) is 3.27. The van der Waals surface area contributed by atoms with Crippen molar-refractivity contribution in [3.63, 3.8) is 0 Å². The Hall–Kier alpha value is -3.45. The largest absolute Gasteiger partial charge is 0.494 e. The van der Waals surface area contributed by atoms with E-state index in [1.807, 2.05) is 49.4 Å². The molecule has 0 amide bonds. The van der Waals surface area contributed by atoms with Crippen LogP contribution in [0.1, 0.15) is 23.9 Å². The average Bonchev–Trinajstić information content (AvgIpc) is 3.19. The Morgan fingerprint density at radius 1 is 0.875 bits per heavy atom. The van der Waals surface area contributed by atoms with E-state index in [0.29, 0.717) is 31.1 Å². The lowest BCUT2D eigenvalue weighted by molar-refractivity contribution is 0.119. The Bertz CT molecular complexity index is 1180. The number of ether oxygens (including phenoxy) is 3. The highest BCUT2D eigenvalue weighted by Gasteiger charge is 2.06. The Morgan fingerprint density at radius 2 is 1.69 bits per heavy atom. The van der Waals surface area contributed by atoms with Crippen molar-refractivity contribution in [2.75, 3.05) is 13.2 Å². The first-order valence-corrected chi connectivity index (χ1v) is 10.5. The van der Waals surface area contributed by atoms with Crippen molar-refractivity contribution >= 4 is 11.0 Å². The van der Waals surface area contributed by atoms with Gasteiger partial charge in [0.25, 0.3) is 0 Å². The minimum absolute atomic E-state index is 0.0398. The van der Waals surface area contributed by atoms with Gasteiger partial charge < -0.3 is 19.2 Å². The van der Waals surface area contributed by atoms with E-state index in [2.05, 4.69) is 9.97 Å². The SMILES string of the molecule is CCOc1ccc2[nH]c(COCCc3ccc(OCc4ccc(F)cc4F)cc3)nc2c1. The van der Waals surface area contributed by atoms with E-state index in [-0.39, 0.29) is 6.61 Å². The molecule has 1 aromatic heterocycles. The van der Waals surface area contributed by atoms with E-state index in [9.17, 15) is 8.78 Å². The Labute approximate surface area is 185 Å². The maximum absolute atomic E-state index is 13.7. The van der Waals surface area contributed by atoms with Gasteiger partial charge in [-0.3, -0.25) is 0 Å². The number of aromatic nitrogens is 2. The fraction of sp³-hybridized carbons (Fsp3) is 0.240. The number of rotatable bonds is 10. The van der Waals surface area contributed by atoms with Crippen molar-refractivity contribution in [1.82, 2.24) is 9.97 Å². The number of nitrogens with zero attached hydrogens (tertiary/aromatic N) is 1. The molecule has 0 aliphatic heterocycles. The first-order valence-electron chi connectivity index (χ1n) is 10.5. The van der Waals surface area contributed by atoms with Crippen LogP contribution in [0.5, 0.6) is 11.5 Å². The third-order valence-corrected chi connectivity index (χ3v) is 4.92. The van der Waals surface area contributed by atoms with Gasteiger partial charge in [0, 0.05) is 17.7 Å². The summed E-state index contributed by atoms with van der Waals surface area (Å²) < 4.78 is 43.5. The first kappa shape index (κ1) is 21.8. The molecule has 0 bridgehead atoms. The summed E-state index contributed by atoms with van der Waals surface area (Å²) in [5.74, 6) is 0.971. The zero-order chi connectivity index (χ0) is 22.3. The lowest BCUT2D eigenvalue weighted by Crippen LogP contribution is -2.01. The molecule has 1 heterocycles. The molecule has 0 radical (unpaired) electrons. The molecule has 0 unspecified atom stereocenters. The molecule has 5 nitrogen and oxygen atoms in total. The third kappa shape index (κ3) is 5.62. The van der Waals surface area contributed by atoms with Gasteiger partial charge in [0.05, 0.1) is 24.2 Å². The molecule has 166 valence electrons. The maximum atomic E-state index is 13.7. The van der Waals surface area contributed by atoms with Gasteiger partial charge in [-0.15, -0.1) is 0 Å². The van der Waals surface area contributed by atoms with E-state index < -0.39 is 11.6 Å². The number of H-pyrrole nitrogens is 1. The molecule has 4 rings (SSSR count). The molecule has 0 spiro atoms. The number of benzene rings is 3. The molecule has 0 aliphatic rings. The second-order valence-electron chi connectivity index (χ2n) is 7.27. The molecule has 4 aromatic rings. The van der Waals surface area contributed by atoms with Gasteiger partial charge in [-0.05, 0) is 55.3 Å². The van der Waals surface area contributed by atoms with Crippen molar-refractivity contribution in [3.8, 4) is 11.5 Å². The van der Waals surface area contributed by atoms with Crippen molar-refractivity contribution < 1.29 is 23.0 Å². The van der Waals surface area contributed by atoms with Gasteiger partial charge >= 0.3 is 0 Å². The first-order chi connectivity index (χ1) is 15.6. The predicted molar refractivity (Wildman–Crippen MR) is 118 cm³/mol. The summed E-state index contributed by atoms with van der Waals surface area (Å²) >= 11 is 0. The normalized spacial score (nSPS) is 11.1. The van der Waals surface area contributed by atoms with Gasteiger partial charge in [-0.1, -0.05) is 12.1 Å². The van der Waals surface area contributed by atoms with E-state index in [4.69, 9.17) is 14.2 Å². The molecule has 0 saturated heterocycles.